The second-order valence-electron chi connectivity index (χ2n) is 7.38. The molecule has 9 nitrogen and oxygen atoms in total. The number of pyridine rings is 1. The van der Waals surface area contributed by atoms with Gasteiger partial charge in [0.05, 0.1) is 18.4 Å². The fourth-order valence-corrected chi connectivity index (χ4v) is 3.46. The summed E-state index contributed by atoms with van der Waals surface area (Å²) in [6, 6.07) is 2.73. The SMILES string of the molecule is Cc1nc(NCc2cnn(Cc3ccc(F)nc3)c2)nc2c1N(C)C(=O)[C@H](C)N2C. The lowest BCUT2D eigenvalue weighted by Crippen LogP contribution is -2.49. The van der Waals surface area contributed by atoms with E-state index in [0.29, 0.717) is 19.0 Å². The van der Waals surface area contributed by atoms with Crippen LogP contribution in [0.15, 0.2) is 30.7 Å². The predicted octanol–water partition coefficient (Wildman–Crippen LogP) is 1.98. The van der Waals surface area contributed by atoms with Crippen LogP contribution >= 0.6 is 0 Å². The lowest BCUT2D eigenvalue weighted by molar-refractivity contribution is -0.119. The number of fused-ring (bicyclic) bond motifs is 1. The lowest BCUT2D eigenvalue weighted by Gasteiger charge is -2.37. The van der Waals surface area contributed by atoms with Crippen LogP contribution in [0.25, 0.3) is 0 Å². The molecule has 1 amide bonds. The van der Waals surface area contributed by atoms with Crippen molar-refractivity contribution in [2.75, 3.05) is 29.2 Å². The van der Waals surface area contributed by atoms with Gasteiger partial charge in [0.2, 0.25) is 17.8 Å². The summed E-state index contributed by atoms with van der Waals surface area (Å²) in [5.41, 5.74) is 3.28. The number of nitrogens with one attached hydrogen (secondary N) is 1. The zero-order chi connectivity index (χ0) is 21.4. The minimum atomic E-state index is -0.500. The van der Waals surface area contributed by atoms with Crippen molar-refractivity contribution in [3.63, 3.8) is 0 Å². The van der Waals surface area contributed by atoms with E-state index in [0.717, 1.165) is 28.3 Å². The number of halogens is 1. The smallest absolute Gasteiger partial charge is 0.249 e. The Morgan fingerprint density at radius 2 is 1.97 bits per heavy atom. The quantitative estimate of drug-likeness (QED) is 0.643. The Balaban J connectivity index is 1.47. The first kappa shape index (κ1) is 19.7. The molecule has 1 N–H and O–H groups in total. The number of hydrogen-bond donors (Lipinski definition) is 1. The second kappa shape index (κ2) is 7.69. The Morgan fingerprint density at radius 1 is 1.17 bits per heavy atom. The summed E-state index contributed by atoms with van der Waals surface area (Å²) in [7, 11) is 3.61. The van der Waals surface area contributed by atoms with Crippen molar-refractivity contribution in [2.24, 2.45) is 0 Å². The molecular formula is C20H23FN8O. The van der Waals surface area contributed by atoms with Gasteiger partial charge < -0.3 is 15.1 Å². The molecule has 0 radical (unpaired) electrons. The highest BCUT2D eigenvalue weighted by Crippen LogP contribution is 2.35. The Morgan fingerprint density at radius 3 is 2.70 bits per heavy atom. The number of carbonyl (C=O) groups is 1. The van der Waals surface area contributed by atoms with Crippen LogP contribution in [0.3, 0.4) is 0 Å². The molecule has 0 bridgehead atoms. The molecule has 3 aromatic rings. The van der Waals surface area contributed by atoms with E-state index in [-0.39, 0.29) is 11.9 Å². The van der Waals surface area contributed by atoms with Crippen molar-refractivity contribution in [2.45, 2.75) is 33.0 Å². The summed E-state index contributed by atoms with van der Waals surface area (Å²) >= 11 is 0. The molecule has 0 aromatic carbocycles. The molecule has 30 heavy (non-hydrogen) atoms. The van der Waals surface area contributed by atoms with Crippen LogP contribution in [0.1, 0.15) is 23.7 Å². The normalized spacial score (nSPS) is 16.0. The van der Waals surface area contributed by atoms with Gasteiger partial charge >= 0.3 is 0 Å². The maximum absolute atomic E-state index is 12.9. The third kappa shape index (κ3) is 3.68. The van der Waals surface area contributed by atoms with Crippen molar-refractivity contribution in [1.29, 1.82) is 0 Å². The highest BCUT2D eigenvalue weighted by molar-refractivity contribution is 6.04. The van der Waals surface area contributed by atoms with Gasteiger partial charge in [-0.15, -0.1) is 0 Å². The molecule has 1 aliphatic rings. The average Bonchev–Trinajstić information content (AvgIpc) is 3.17. The molecule has 4 heterocycles. The monoisotopic (exact) mass is 410 g/mol. The largest absolute Gasteiger partial charge is 0.350 e. The fourth-order valence-electron chi connectivity index (χ4n) is 3.46. The molecule has 10 heteroatoms. The predicted molar refractivity (Wildman–Crippen MR) is 111 cm³/mol. The van der Waals surface area contributed by atoms with Crippen molar-refractivity contribution in [1.82, 2.24) is 24.7 Å². The van der Waals surface area contributed by atoms with Crippen molar-refractivity contribution < 1.29 is 9.18 Å². The number of carbonyl (C=O) groups excluding carboxylic acids is 1. The summed E-state index contributed by atoms with van der Waals surface area (Å²) in [4.78, 5) is 28.7. The number of anilines is 3. The van der Waals surface area contributed by atoms with E-state index in [1.165, 1.54) is 12.3 Å². The molecular weight excluding hydrogens is 387 g/mol. The molecule has 156 valence electrons. The molecule has 0 aliphatic carbocycles. The molecule has 0 unspecified atom stereocenters. The van der Waals surface area contributed by atoms with Crippen molar-refractivity contribution >= 4 is 23.4 Å². The minimum absolute atomic E-state index is 0.0150. The molecule has 0 spiro atoms. The van der Waals surface area contributed by atoms with E-state index in [2.05, 4.69) is 25.4 Å². The number of aromatic nitrogens is 5. The van der Waals surface area contributed by atoms with Gasteiger partial charge in [-0.25, -0.2) is 9.97 Å². The standard InChI is InChI=1S/C20H23FN8O/c1-12-17-18(27(3)13(2)19(30)28(17)4)26-20(25-12)23-8-15-9-24-29(11-15)10-14-5-6-16(21)22-7-14/h5-7,9,11,13H,8,10H2,1-4H3,(H,23,25,26)/t13-/m0/s1. The zero-order valence-electron chi connectivity index (χ0n) is 17.3. The average molecular weight is 410 g/mol. The first-order valence-electron chi connectivity index (χ1n) is 9.58. The Labute approximate surface area is 173 Å². The summed E-state index contributed by atoms with van der Waals surface area (Å²) in [6.45, 7) is 4.73. The van der Waals surface area contributed by atoms with Crippen LogP contribution in [0.5, 0.6) is 0 Å². The summed E-state index contributed by atoms with van der Waals surface area (Å²) in [6.07, 6.45) is 5.16. The molecule has 1 aliphatic heterocycles. The molecule has 1 atom stereocenters. The van der Waals surface area contributed by atoms with Gasteiger partial charge in [-0.2, -0.15) is 14.5 Å². The van der Waals surface area contributed by atoms with Crippen molar-refractivity contribution in [3.05, 3.63) is 53.5 Å². The lowest BCUT2D eigenvalue weighted by atomic mass is 10.1. The van der Waals surface area contributed by atoms with Gasteiger partial charge in [0.15, 0.2) is 5.82 Å². The van der Waals surface area contributed by atoms with E-state index in [4.69, 9.17) is 0 Å². The van der Waals surface area contributed by atoms with Gasteiger partial charge in [-0.1, -0.05) is 6.07 Å². The van der Waals surface area contributed by atoms with E-state index < -0.39 is 5.95 Å². The second-order valence-corrected chi connectivity index (χ2v) is 7.38. The van der Waals surface area contributed by atoms with Gasteiger partial charge in [0.1, 0.15) is 11.7 Å². The number of hydrogen-bond acceptors (Lipinski definition) is 7. The highest BCUT2D eigenvalue weighted by atomic mass is 19.1. The van der Waals surface area contributed by atoms with Crippen LogP contribution in [-0.4, -0.2) is 50.8 Å². The summed E-state index contributed by atoms with van der Waals surface area (Å²) in [5.74, 6) is 0.726. The number of nitrogens with zero attached hydrogens (tertiary/aromatic N) is 7. The van der Waals surface area contributed by atoms with Gasteiger partial charge in [-0.05, 0) is 25.5 Å². The minimum Gasteiger partial charge on any atom is -0.350 e. The zero-order valence-corrected chi connectivity index (χ0v) is 17.3. The van der Waals surface area contributed by atoms with E-state index in [9.17, 15) is 9.18 Å². The van der Waals surface area contributed by atoms with E-state index in [1.807, 2.05) is 32.0 Å². The Hall–Kier alpha value is -3.56. The van der Waals surface area contributed by atoms with Crippen molar-refractivity contribution in [3.8, 4) is 0 Å². The van der Waals surface area contributed by atoms with E-state index >= 15 is 0 Å². The number of aryl methyl sites for hydroxylation is 1. The van der Waals surface area contributed by atoms with Gasteiger partial charge in [0, 0.05) is 38.6 Å². The first-order valence-corrected chi connectivity index (χ1v) is 9.58. The summed E-state index contributed by atoms with van der Waals surface area (Å²) in [5, 5.41) is 7.57. The maximum Gasteiger partial charge on any atom is 0.249 e. The van der Waals surface area contributed by atoms with Crippen LogP contribution in [0, 0.1) is 12.9 Å². The Kier molecular flexibility index (Phi) is 5.06. The Bertz CT molecular complexity index is 1080. The van der Waals surface area contributed by atoms with E-state index in [1.54, 1.807) is 28.9 Å². The van der Waals surface area contributed by atoms with Crippen LogP contribution in [0.2, 0.25) is 0 Å². The molecule has 0 fully saturated rings. The third-order valence-electron chi connectivity index (χ3n) is 5.25. The molecule has 0 saturated heterocycles. The topological polar surface area (TPSA) is 92.1 Å². The van der Waals surface area contributed by atoms with Gasteiger partial charge in [0.25, 0.3) is 0 Å². The molecule has 0 saturated carbocycles. The third-order valence-corrected chi connectivity index (χ3v) is 5.25. The molecule has 3 aromatic heterocycles. The molecule has 4 rings (SSSR count). The number of likely N-dealkylation sites (N-methyl/N-ethyl adjacent to an activating group) is 2. The number of amides is 1. The fraction of sp³-hybridized carbons (Fsp3) is 0.350. The van der Waals surface area contributed by atoms with Crippen LogP contribution in [0.4, 0.5) is 21.8 Å². The maximum atomic E-state index is 12.9. The van der Waals surface area contributed by atoms with Crippen LogP contribution < -0.4 is 15.1 Å². The highest BCUT2D eigenvalue weighted by Gasteiger charge is 2.34. The first-order chi connectivity index (χ1) is 14.3. The number of rotatable bonds is 5. The summed E-state index contributed by atoms with van der Waals surface area (Å²) < 4.78 is 14.7. The van der Waals surface area contributed by atoms with Crippen LogP contribution in [-0.2, 0) is 17.9 Å². The van der Waals surface area contributed by atoms with Gasteiger partial charge in [-0.3, -0.25) is 9.48 Å².